The van der Waals surface area contributed by atoms with Crippen molar-refractivity contribution >= 4 is 49.9 Å². The summed E-state index contributed by atoms with van der Waals surface area (Å²) in [5.41, 5.74) is 3.08. The number of hydrogen-bond donors (Lipinski definition) is 2. The van der Waals surface area contributed by atoms with Gasteiger partial charge in [0, 0.05) is 35.8 Å². The molecule has 0 spiro atoms. The van der Waals surface area contributed by atoms with Crippen LogP contribution in [0.3, 0.4) is 0 Å². The van der Waals surface area contributed by atoms with E-state index in [0.717, 1.165) is 58.4 Å². The standard InChI is InChI=1S/C25H30N6O2S/c1-25(2,3)12-31(4)24(32)14-6-7-16-20(9-14)34-23-21(16)22(26-13-27-23)29-18-8-15-11-28-30-17(15)10-19(18)33-5/h8,10-11,13-14H,6-7,9,12H2,1-5H3,(H,28,30)(H,26,27,29). The van der Waals surface area contributed by atoms with Gasteiger partial charge in [0.05, 0.1) is 29.9 Å². The Kier molecular flexibility index (Phi) is 5.67. The molecule has 1 aliphatic rings. The molecule has 1 aliphatic carbocycles. The van der Waals surface area contributed by atoms with Crippen LogP contribution in [0, 0.1) is 11.3 Å². The SMILES string of the molecule is COc1cc2[nH]ncc2cc1Nc1ncnc2sc3c(c12)CCC(C(=O)N(C)CC(C)(C)C)C3. The summed E-state index contributed by atoms with van der Waals surface area (Å²) in [4.78, 5) is 26.3. The molecule has 1 unspecified atom stereocenters. The Morgan fingerprint density at radius 1 is 1.32 bits per heavy atom. The number of thiophene rings is 1. The second-order valence-electron chi connectivity index (χ2n) is 10.2. The van der Waals surface area contributed by atoms with Crippen LogP contribution < -0.4 is 10.1 Å². The average molecular weight is 479 g/mol. The molecule has 2 N–H and O–H groups in total. The van der Waals surface area contributed by atoms with Crippen molar-refractivity contribution in [3.05, 3.63) is 35.1 Å². The lowest BCUT2D eigenvalue weighted by Crippen LogP contribution is -2.39. The summed E-state index contributed by atoms with van der Waals surface area (Å²) in [6.45, 7) is 7.24. The molecule has 0 saturated carbocycles. The molecule has 9 heteroatoms. The number of aromatic nitrogens is 4. The van der Waals surface area contributed by atoms with Gasteiger partial charge in [-0.3, -0.25) is 9.89 Å². The predicted octanol–water partition coefficient (Wildman–Crippen LogP) is 4.93. The number of H-pyrrole nitrogens is 1. The van der Waals surface area contributed by atoms with E-state index in [9.17, 15) is 4.79 Å². The zero-order chi connectivity index (χ0) is 24.0. The maximum atomic E-state index is 13.1. The second kappa shape index (κ2) is 8.54. The normalized spacial score (nSPS) is 16.0. The molecule has 3 aromatic heterocycles. The van der Waals surface area contributed by atoms with Gasteiger partial charge in [0.2, 0.25) is 5.91 Å². The number of methoxy groups -OCH3 is 1. The molecule has 4 aromatic rings. The molecule has 0 fully saturated rings. The lowest BCUT2D eigenvalue weighted by Gasteiger charge is -2.31. The van der Waals surface area contributed by atoms with E-state index in [1.54, 1.807) is 31.0 Å². The van der Waals surface area contributed by atoms with Crippen molar-refractivity contribution in [3.8, 4) is 5.75 Å². The molecule has 0 radical (unpaired) electrons. The molecule has 5 rings (SSSR count). The van der Waals surface area contributed by atoms with Gasteiger partial charge in [0.25, 0.3) is 0 Å². The number of nitrogens with one attached hydrogen (secondary N) is 2. The van der Waals surface area contributed by atoms with Crippen LogP contribution in [0.4, 0.5) is 11.5 Å². The molecular formula is C25H30N6O2S. The van der Waals surface area contributed by atoms with Crippen LogP contribution in [0.15, 0.2) is 24.7 Å². The van der Waals surface area contributed by atoms with E-state index in [1.165, 1.54) is 10.4 Å². The fraction of sp³-hybridized carbons (Fsp3) is 0.440. The van der Waals surface area contributed by atoms with Crippen LogP contribution in [-0.2, 0) is 17.6 Å². The van der Waals surface area contributed by atoms with Gasteiger partial charge >= 0.3 is 0 Å². The van der Waals surface area contributed by atoms with Crippen molar-refractivity contribution < 1.29 is 9.53 Å². The summed E-state index contributed by atoms with van der Waals surface area (Å²) in [6.07, 6.45) is 5.82. The number of carbonyl (C=O) groups is 1. The maximum absolute atomic E-state index is 13.1. The molecule has 1 aromatic carbocycles. The maximum Gasteiger partial charge on any atom is 0.225 e. The van der Waals surface area contributed by atoms with Crippen molar-refractivity contribution in [2.24, 2.45) is 11.3 Å². The number of rotatable bonds is 5. The number of fused-ring (bicyclic) bond motifs is 4. The van der Waals surface area contributed by atoms with E-state index in [-0.39, 0.29) is 17.2 Å². The molecule has 1 amide bonds. The molecule has 178 valence electrons. The minimum atomic E-state index is 0.0147. The molecule has 0 bridgehead atoms. The first kappa shape index (κ1) is 22.6. The minimum Gasteiger partial charge on any atom is -0.494 e. The van der Waals surface area contributed by atoms with Crippen molar-refractivity contribution in [2.45, 2.75) is 40.0 Å². The van der Waals surface area contributed by atoms with Gasteiger partial charge < -0.3 is 15.0 Å². The quantitative estimate of drug-likeness (QED) is 0.422. The van der Waals surface area contributed by atoms with E-state index in [2.05, 4.69) is 46.3 Å². The van der Waals surface area contributed by atoms with Crippen LogP contribution in [0.2, 0.25) is 0 Å². The summed E-state index contributed by atoms with van der Waals surface area (Å²) < 4.78 is 5.61. The number of amides is 1. The first-order valence-corrected chi connectivity index (χ1v) is 12.3. The Labute approximate surface area is 202 Å². The predicted molar refractivity (Wildman–Crippen MR) is 136 cm³/mol. The Morgan fingerprint density at radius 2 is 2.15 bits per heavy atom. The Balaban J connectivity index is 1.45. The number of benzene rings is 1. The highest BCUT2D eigenvalue weighted by atomic mass is 32.1. The Hall–Kier alpha value is -3.20. The van der Waals surface area contributed by atoms with Crippen molar-refractivity contribution in [2.75, 3.05) is 26.0 Å². The number of anilines is 2. The van der Waals surface area contributed by atoms with Crippen molar-refractivity contribution in [1.82, 2.24) is 25.1 Å². The van der Waals surface area contributed by atoms with Crippen LogP contribution in [0.25, 0.3) is 21.1 Å². The zero-order valence-electron chi connectivity index (χ0n) is 20.2. The monoisotopic (exact) mass is 478 g/mol. The van der Waals surface area contributed by atoms with Gasteiger partial charge in [-0.15, -0.1) is 11.3 Å². The lowest BCUT2D eigenvalue weighted by molar-refractivity contribution is -0.135. The van der Waals surface area contributed by atoms with E-state index >= 15 is 0 Å². The summed E-state index contributed by atoms with van der Waals surface area (Å²) in [5, 5.41) is 12.6. The van der Waals surface area contributed by atoms with Crippen molar-refractivity contribution in [3.63, 3.8) is 0 Å². The van der Waals surface area contributed by atoms with Gasteiger partial charge in [-0.25, -0.2) is 9.97 Å². The van der Waals surface area contributed by atoms with Gasteiger partial charge in [-0.1, -0.05) is 20.8 Å². The molecule has 34 heavy (non-hydrogen) atoms. The molecule has 0 aliphatic heterocycles. The summed E-state index contributed by atoms with van der Waals surface area (Å²) in [7, 11) is 3.57. The minimum absolute atomic E-state index is 0.0147. The van der Waals surface area contributed by atoms with E-state index in [4.69, 9.17) is 4.74 Å². The van der Waals surface area contributed by atoms with E-state index in [0.29, 0.717) is 5.75 Å². The zero-order valence-corrected chi connectivity index (χ0v) is 21.0. The van der Waals surface area contributed by atoms with Crippen LogP contribution in [-0.4, -0.2) is 51.7 Å². The van der Waals surface area contributed by atoms with Crippen LogP contribution in [0.5, 0.6) is 5.75 Å². The van der Waals surface area contributed by atoms with Crippen LogP contribution >= 0.6 is 11.3 Å². The highest BCUT2D eigenvalue weighted by Crippen LogP contribution is 2.42. The fourth-order valence-corrected chi connectivity index (χ4v) is 6.15. The highest BCUT2D eigenvalue weighted by Gasteiger charge is 2.31. The third-order valence-corrected chi connectivity index (χ3v) is 7.46. The van der Waals surface area contributed by atoms with E-state index in [1.807, 2.05) is 24.1 Å². The molecular weight excluding hydrogens is 448 g/mol. The van der Waals surface area contributed by atoms with E-state index < -0.39 is 0 Å². The highest BCUT2D eigenvalue weighted by molar-refractivity contribution is 7.19. The molecule has 1 atom stereocenters. The first-order valence-electron chi connectivity index (χ1n) is 11.5. The number of aromatic amines is 1. The Morgan fingerprint density at radius 3 is 2.91 bits per heavy atom. The second-order valence-corrected chi connectivity index (χ2v) is 11.3. The molecule has 8 nitrogen and oxygen atoms in total. The average Bonchev–Trinajstić information content (AvgIpc) is 3.40. The number of ether oxygens (including phenoxy) is 1. The number of carbonyl (C=O) groups excluding carboxylic acids is 1. The molecule has 3 heterocycles. The Bertz CT molecular complexity index is 1370. The van der Waals surface area contributed by atoms with Crippen molar-refractivity contribution in [1.29, 1.82) is 0 Å². The number of nitrogens with zero attached hydrogens (tertiary/aromatic N) is 4. The number of aryl methyl sites for hydroxylation is 1. The fourth-order valence-electron chi connectivity index (χ4n) is 4.88. The van der Waals surface area contributed by atoms with Crippen LogP contribution in [0.1, 0.15) is 37.6 Å². The smallest absolute Gasteiger partial charge is 0.225 e. The lowest BCUT2D eigenvalue weighted by atomic mass is 9.86. The summed E-state index contributed by atoms with van der Waals surface area (Å²) in [5.74, 6) is 1.72. The summed E-state index contributed by atoms with van der Waals surface area (Å²) in [6, 6.07) is 3.93. The largest absolute Gasteiger partial charge is 0.494 e. The summed E-state index contributed by atoms with van der Waals surface area (Å²) >= 11 is 1.68. The van der Waals surface area contributed by atoms with Gasteiger partial charge in [-0.05, 0) is 36.3 Å². The molecule has 0 saturated heterocycles. The third kappa shape index (κ3) is 4.20. The topological polar surface area (TPSA) is 96.0 Å². The first-order chi connectivity index (χ1) is 16.2. The van der Waals surface area contributed by atoms with Gasteiger partial charge in [-0.2, -0.15) is 5.10 Å². The third-order valence-electron chi connectivity index (χ3n) is 6.30. The number of hydrogen-bond acceptors (Lipinski definition) is 7. The van der Waals surface area contributed by atoms with Gasteiger partial charge in [0.1, 0.15) is 22.7 Å². The van der Waals surface area contributed by atoms with Gasteiger partial charge in [0.15, 0.2) is 0 Å².